The molecule has 0 saturated heterocycles. The van der Waals surface area contributed by atoms with E-state index >= 15 is 0 Å². The average molecular weight is 483 g/mol. The van der Waals surface area contributed by atoms with Gasteiger partial charge in [-0.3, -0.25) is 14.4 Å². The van der Waals surface area contributed by atoms with Gasteiger partial charge >= 0.3 is 0 Å². The number of carbonyl (C=O) groups is 3. The molecule has 3 amide bonds. The maximum Gasteiger partial charge on any atom is 0.247 e. The summed E-state index contributed by atoms with van der Waals surface area (Å²) in [7, 11) is 0. The highest BCUT2D eigenvalue weighted by Crippen LogP contribution is 2.26. The predicted molar refractivity (Wildman–Crippen MR) is 129 cm³/mol. The summed E-state index contributed by atoms with van der Waals surface area (Å²) >= 11 is 6.04. The van der Waals surface area contributed by atoms with Crippen molar-refractivity contribution in [3.8, 4) is 0 Å². The molecule has 3 rings (SSSR count). The third kappa shape index (κ3) is 7.18. The lowest BCUT2D eigenvalue weighted by Crippen LogP contribution is -2.45. The van der Waals surface area contributed by atoms with Crippen molar-refractivity contribution in [2.24, 2.45) is 0 Å². The molecule has 2 heterocycles. The summed E-state index contributed by atoms with van der Waals surface area (Å²) in [4.78, 5) is 44.5. The number of amides is 3. The molecular weight excluding hydrogens is 456 g/mol. The van der Waals surface area contributed by atoms with Gasteiger partial charge in [-0.15, -0.1) is 0 Å². The van der Waals surface area contributed by atoms with E-state index in [0.717, 1.165) is 0 Å². The lowest BCUT2D eigenvalue weighted by atomic mass is 10.0. The molecule has 2 N–H and O–H groups in total. The van der Waals surface area contributed by atoms with E-state index in [1.807, 2.05) is 13.8 Å². The lowest BCUT2D eigenvalue weighted by Gasteiger charge is -2.31. The molecule has 0 saturated carbocycles. The van der Waals surface area contributed by atoms with Crippen LogP contribution >= 0.6 is 11.6 Å². The second-order valence-corrected chi connectivity index (χ2v) is 8.42. The summed E-state index contributed by atoms with van der Waals surface area (Å²) in [6.07, 6.45) is 2.90. The standard InChI is InChI=1S/C25H27ClN4O4/c1-17(2)28-25(33)24(18-8-10-19(26)11-9-18)30(16-20-6-5-15-34-20)23(32)13-12-22(31)29-21-7-3-4-14-27-21/h3-11,14-15,17,24H,12-13,16H2,1-2H3,(H,28,33)(H,27,29,31). The maximum absolute atomic E-state index is 13.4. The third-order valence-electron chi connectivity index (χ3n) is 4.90. The van der Waals surface area contributed by atoms with Crippen LogP contribution in [0.1, 0.15) is 44.1 Å². The highest BCUT2D eigenvalue weighted by Gasteiger charge is 2.32. The molecule has 8 nitrogen and oxygen atoms in total. The van der Waals surface area contributed by atoms with Gasteiger partial charge in [0, 0.05) is 30.1 Å². The van der Waals surface area contributed by atoms with Crippen molar-refractivity contribution in [1.29, 1.82) is 0 Å². The zero-order valence-corrected chi connectivity index (χ0v) is 19.8. The fraction of sp³-hybridized carbons (Fsp3) is 0.280. The fourth-order valence-electron chi connectivity index (χ4n) is 3.38. The number of halogens is 1. The number of hydrogen-bond donors (Lipinski definition) is 2. The molecule has 0 bridgehead atoms. The molecule has 9 heteroatoms. The Morgan fingerprint density at radius 1 is 1.03 bits per heavy atom. The maximum atomic E-state index is 13.4. The quantitative estimate of drug-likeness (QED) is 0.447. The number of furan rings is 1. The number of aromatic nitrogens is 1. The second kappa shape index (κ2) is 12.0. The van der Waals surface area contributed by atoms with Crippen LogP contribution in [0.5, 0.6) is 0 Å². The number of nitrogens with zero attached hydrogens (tertiary/aromatic N) is 2. The first-order chi connectivity index (χ1) is 16.3. The van der Waals surface area contributed by atoms with E-state index < -0.39 is 6.04 Å². The molecule has 2 aromatic heterocycles. The van der Waals surface area contributed by atoms with Gasteiger partial charge in [-0.25, -0.2) is 4.98 Å². The molecule has 0 radical (unpaired) electrons. The van der Waals surface area contributed by atoms with Crippen molar-refractivity contribution < 1.29 is 18.8 Å². The molecular formula is C25H27ClN4O4. The summed E-state index contributed by atoms with van der Waals surface area (Å²) in [6.45, 7) is 3.75. The molecule has 0 aliphatic rings. The predicted octanol–water partition coefficient (Wildman–Crippen LogP) is 4.34. The van der Waals surface area contributed by atoms with E-state index in [-0.39, 0.29) is 43.1 Å². The number of carbonyl (C=O) groups excluding carboxylic acids is 3. The smallest absolute Gasteiger partial charge is 0.247 e. The Labute approximate surface area is 203 Å². The van der Waals surface area contributed by atoms with E-state index in [1.165, 1.54) is 11.2 Å². The molecule has 178 valence electrons. The molecule has 0 aliphatic carbocycles. The number of rotatable bonds is 10. The van der Waals surface area contributed by atoms with Gasteiger partial charge in [0.2, 0.25) is 17.7 Å². The Morgan fingerprint density at radius 2 is 1.79 bits per heavy atom. The monoisotopic (exact) mass is 482 g/mol. The van der Waals surface area contributed by atoms with Gasteiger partial charge in [-0.1, -0.05) is 29.8 Å². The molecule has 0 spiro atoms. The minimum atomic E-state index is -0.934. The summed E-state index contributed by atoms with van der Waals surface area (Å²) in [5.41, 5.74) is 0.598. The number of anilines is 1. The van der Waals surface area contributed by atoms with Crippen molar-refractivity contribution in [2.75, 3.05) is 5.32 Å². The van der Waals surface area contributed by atoms with Crippen LogP contribution in [-0.2, 0) is 20.9 Å². The first-order valence-electron chi connectivity index (χ1n) is 10.9. The van der Waals surface area contributed by atoms with Crippen LogP contribution in [0.3, 0.4) is 0 Å². The van der Waals surface area contributed by atoms with Crippen molar-refractivity contribution >= 4 is 35.1 Å². The number of pyridine rings is 1. The van der Waals surface area contributed by atoms with E-state index in [0.29, 0.717) is 22.2 Å². The van der Waals surface area contributed by atoms with Crippen LogP contribution in [0.2, 0.25) is 5.02 Å². The third-order valence-corrected chi connectivity index (χ3v) is 5.15. The molecule has 1 unspecified atom stereocenters. The highest BCUT2D eigenvalue weighted by atomic mass is 35.5. The first-order valence-corrected chi connectivity index (χ1v) is 11.3. The van der Waals surface area contributed by atoms with Gasteiger partial charge in [0.15, 0.2) is 0 Å². The van der Waals surface area contributed by atoms with Gasteiger partial charge < -0.3 is 20.0 Å². The van der Waals surface area contributed by atoms with Crippen LogP contribution in [0.4, 0.5) is 5.82 Å². The van der Waals surface area contributed by atoms with Crippen LogP contribution in [0, 0.1) is 0 Å². The Kier molecular flexibility index (Phi) is 8.81. The summed E-state index contributed by atoms with van der Waals surface area (Å²) in [6, 6.07) is 14.3. The van der Waals surface area contributed by atoms with E-state index in [1.54, 1.807) is 60.8 Å². The van der Waals surface area contributed by atoms with Gasteiger partial charge in [-0.2, -0.15) is 0 Å². The molecule has 1 atom stereocenters. The molecule has 34 heavy (non-hydrogen) atoms. The molecule has 0 fully saturated rings. The van der Waals surface area contributed by atoms with Crippen molar-refractivity contribution in [3.05, 3.63) is 83.4 Å². The van der Waals surface area contributed by atoms with E-state index in [9.17, 15) is 14.4 Å². The Bertz CT molecular complexity index is 1090. The number of nitrogens with one attached hydrogen (secondary N) is 2. The molecule has 3 aromatic rings. The SMILES string of the molecule is CC(C)NC(=O)C(c1ccc(Cl)cc1)N(Cc1ccco1)C(=O)CCC(=O)Nc1ccccn1. The number of hydrogen-bond acceptors (Lipinski definition) is 5. The minimum absolute atomic E-state index is 0.0620. The largest absolute Gasteiger partial charge is 0.467 e. The van der Waals surface area contributed by atoms with Crippen LogP contribution in [-0.4, -0.2) is 33.6 Å². The fourth-order valence-corrected chi connectivity index (χ4v) is 3.51. The molecule has 0 aliphatic heterocycles. The highest BCUT2D eigenvalue weighted by molar-refractivity contribution is 6.30. The van der Waals surface area contributed by atoms with E-state index in [2.05, 4.69) is 15.6 Å². The second-order valence-electron chi connectivity index (χ2n) is 7.98. The summed E-state index contributed by atoms with van der Waals surface area (Å²) in [5.74, 6) is -0.133. The van der Waals surface area contributed by atoms with Crippen molar-refractivity contribution in [1.82, 2.24) is 15.2 Å². The summed E-state index contributed by atoms with van der Waals surface area (Å²) < 4.78 is 5.45. The zero-order valence-electron chi connectivity index (χ0n) is 19.0. The van der Waals surface area contributed by atoms with E-state index in [4.69, 9.17) is 16.0 Å². The first kappa shape index (κ1) is 25.0. The average Bonchev–Trinajstić information content (AvgIpc) is 3.32. The zero-order chi connectivity index (χ0) is 24.5. The number of benzene rings is 1. The van der Waals surface area contributed by atoms with Gasteiger partial charge in [0.05, 0.1) is 12.8 Å². The molecule has 1 aromatic carbocycles. The summed E-state index contributed by atoms with van der Waals surface area (Å²) in [5, 5.41) is 6.06. The Hall–Kier alpha value is -3.65. The van der Waals surface area contributed by atoms with Crippen LogP contribution < -0.4 is 10.6 Å². The Morgan fingerprint density at radius 3 is 2.41 bits per heavy atom. The van der Waals surface area contributed by atoms with Crippen molar-refractivity contribution in [2.45, 2.75) is 45.3 Å². The normalized spacial score (nSPS) is 11.6. The minimum Gasteiger partial charge on any atom is -0.467 e. The Balaban J connectivity index is 1.83. The van der Waals surface area contributed by atoms with Gasteiger partial charge in [0.25, 0.3) is 0 Å². The topological polar surface area (TPSA) is 105 Å². The van der Waals surface area contributed by atoms with Gasteiger partial charge in [0.1, 0.15) is 17.6 Å². The van der Waals surface area contributed by atoms with Gasteiger partial charge in [-0.05, 0) is 55.8 Å². The van der Waals surface area contributed by atoms with Crippen molar-refractivity contribution in [3.63, 3.8) is 0 Å². The van der Waals surface area contributed by atoms with Crippen LogP contribution in [0.15, 0.2) is 71.5 Å². The lowest BCUT2D eigenvalue weighted by molar-refractivity contribution is -0.142. The van der Waals surface area contributed by atoms with Crippen LogP contribution in [0.25, 0.3) is 0 Å².